The highest BCUT2D eigenvalue weighted by Crippen LogP contribution is 2.21. The second-order valence-corrected chi connectivity index (χ2v) is 8.93. The van der Waals surface area contributed by atoms with E-state index in [-0.39, 0.29) is 17.5 Å². The van der Waals surface area contributed by atoms with E-state index < -0.39 is 9.84 Å². The van der Waals surface area contributed by atoms with Crippen molar-refractivity contribution in [1.29, 1.82) is 0 Å². The zero-order chi connectivity index (χ0) is 18.0. The molecule has 1 atom stereocenters. The molecule has 3 aliphatic heterocycles. The maximum Gasteiger partial charge on any atom is 0.232 e. The minimum atomic E-state index is -2.96. The fourth-order valence-electron chi connectivity index (χ4n) is 3.32. The Labute approximate surface area is 152 Å². The van der Waals surface area contributed by atoms with Gasteiger partial charge in [0.05, 0.1) is 37.9 Å². The lowest BCUT2D eigenvalue weighted by Crippen LogP contribution is -2.40. The van der Waals surface area contributed by atoms with Crippen molar-refractivity contribution >= 4 is 27.7 Å². The molecule has 144 valence electrons. The quantitative estimate of drug-likeness (QED) is 0.704. The Kier molecular flexibility index (Phi) is 5.09. The van der Waals surface area contributed by atoms with Crippen molar-refractivity contribution in [2.24, 2.45) is 0 Å². The summed E-state index contributed by atoms with van der Waals surface area (Å²) in [6.07, 6.45) is 0.577. The number of ether oxygens (including phenoxy) is 2. The highest BCUT2D eigenvalue weighted by atomic mass is 32.2. The van der Waals surface area contributed by atoms with Crippen molar-refractivity contribution in [3.8, 4) is 0 Å². The molecule has 3 saturated heterocycles. The molecular weight excluding hydrogens is 360 g/mol. The van der Waals surface area contributed by atoms with Gasteiger partial charge in [-0.25, -0.2) is 8.42 Å². The topological polar surface area (TPSA) is 110 Å². The van der Waals surface area contributed by atoms with Gasteiger partial charge in [-0.2, -0.15) is 15.0 Å². The predicted octanol–water partition coefficient (Wildman–Crippen LogP) is -0.856. The summed E-state index contributed by atoms with van der Waals surface area (Å²) >= 11 is 0. The van der Waals surface area contributed by atoms with Gasteiger partial charge in [-0.15, -0.1) is 0 Å². The van der Waals surface area contributed by atoms with Crippen molar-refractivity contribution in [3.05, 3.63) is 0 Å². The fraction of sp³-hybridized carbons (Fsp3) is 0.800. The molecule has 11 heteroatoms. The second-order valence-electron chi connectivity index (χ2n) is 6.70. The van der Waals surface area contributed by atoms with Crippen LogP contribution in [0.2, 0.25) is 0 Å². The molecule has 0 spiro atoms. The van der Waals surface area contributed by atoms with Crippen LogP contribution in [-0.4, -0.2) is 93.5 Å². The van der Waals surface area contributed by atoms with E-state index in [0.717, 1.165) is 26.2 Å². The molecule has 1 aromatic rings. The summed E-state index contributed by atoms with van der Waals surface area (Å²) in [5, 5.41) is 3.20. The van der Waals surface area contributed by atoms with E-state index in [2.05, 4.69) is 30.1 Å². The third kappa shape index (κ3) is 4.15. The highest BCUT2D eigenvalue weighted by Gasteiger charge is 2.29. The molecule has 4 rings (SSSR count). The van der Waals surface area contributed by atoms with Crippen LogP contribution in [0.15, 0.2) is 0 Å². The third-order valence-corrected chi connectivity index (χ3v) is 6.53. The molecule has 1 unspecified atom stereocenters. The van der Waals surface area contributed by atoms with E-state index in [9.17, 15) is 8.42 Å². The van der Waals surface area contributed by atoms with Gasteiger partial charge in [-0.3, -0.25) is 0 Å². The van der Waals surface area contributed by atoms with Gasteiger partial charge in [0, 0.05) is 32.2 Å². The Morgan fingerprint density at radius 1 is 0.885 bits per heavy atom. The first kappa shape index (κ1) is 17.7. The SMILES string of the molecule is O=S1(=O)CCC(Nc2nc(N3CCOCC3)nc(N3CCOCC3)n2)C1. The van der Waals surface area contributed by atoms with Gasteiger partial charge in [0.25, 0.3) is 0 Å². The van der Waals surface area contributed by atoms with Gasteiger partial charge in [-0.1, -0.05) is 0 Å². The van der Waals surface area contributed by atoms with Gasteiger partial charge in [0.15, 0.2) is 9.84 Å². The number of nitrogens with one attached hydrogen (secondary N) is 1. The molecule has 1 N–H and O–H groups in total. The van der Waals surface area contributed by atoms with Crippen LogP contribution < -0.4 is 15.1 Å². The van der Waals surface area contributed by atoms with Gasteiger partial charge in [0.1, 0.15) is 0 Å². The lowest BCUT2D eigenvalue weighted by atomic mass is 10.3. The summed E-state index contributed by atoms with van der Waals surface area (Å²) in [4.78, 5) is 17.9. The van der Waals surface area contributed by atoms with Crippen molar-refractivity contribution in [2.45, 2.75) is 12.5 Å². The van der Waals surface area contributed by atoms with Crippen molar-refractivity contribution in [1.82, 2.24) is 15.0 Å². The number of hydrogen-bond donors (Lipinski definition) is 1. The first-order chi connectivity index (χ1) is 12.6. The van der Waals surface area contributed by atoms with Crippen LogP contribution in [-0.2, 0) is 19.3 Å². The van der Waals surface area contributed by atoms with Crippen molar-refractivity contribution in [3.63, 3.8) is 0 Å². The van der Waals surface area contributed by atoms with E-state index in [4.69, 9.17) is 9.47 Å². The molecule has 3 aliphatic rings. The molecular formula is C15H24N6O4S. The molecule has 26 heavy (non-hydrogen) atoms. The van der Waals surface area contributed by atoms with E-state index in [1.165, 1.54) is 0 Å². The molecule has 0 amide bonds. The minimum absolute atomic E-state index is 0.123. The average molecular weight is 384 g/mol. The van der Waals surface area contributed by atoms with Crippen LogP contribution in [0.3, 0.4) is 0 Å². The van der Waals surface area contributed by atoms with Crippen LogP contribution in [0.4, 0.5) is 17.8 Å². The zero-order valence-corrected chi connectivity index (χ0v) is 15.4. The lowest BCUT2D eigenvalue weighted by molar-refractivity contribution is 0.121. The molecule has 0 aromatic carbocycles. The van der Waals surface area contributed by atoms with E-state index >= 15 is 0 Å². The molecule has 0 bridgehead atoms. The van der Waals surface area contributed by atoms with Crippen molar-refractivity contribution < 1.29 is 17.9 Å². The Morgan fingerprint density at radius 3 is 1.88 bits per heavy atom. The van der Waals surface area contributed by atoms with Crippen LogP contribution in [0.5, 0.6) is 0 Å². The first-order valence-electron chi connectivity index (χ1n) is 8.97. The summed E-state index contributed by atoms with van der Waals surface area (Å²) in [6, 6.07) is -0.155. The van der Waals surface area contributed by atoms with E-state index in [0.29, 0.717) is 50.7 Å². The van der Waals surface area contributed by atoms with Crippen molar-refractivity contribution in [2.75, 3.05) is 79.2 Å². The molecule has 0 radical (unpaired) electrons. The minimum Gasteiger partial charge on any atom is -0.378 e. The molecule has 1 aromatic heterocycles. The first-order valence-corrected chi connectivity index (χ1v) is 10.8. The normalized spacial score (nSPS) is 26.1. The maximum absolute atomic E-state index is 11.7. The summed E-state index contributed by atoms with van der Waals surface area (Å²) in [5.41, 5.74) is 0. The number of anilines is 3. The fourth-order valence-corrected chi connectivity index (χ4v) is 4.99. The Hall–Kier alpha value is -1.72. The average Bonchev–Trinajstić information content (AvgIpc) is 3.01. The summed E-state index contributed by atoms with van der Waals surface area (Å²) in [6.45, 7) is 5.47. The van der Waals surface area contributed by atoms with E-state index in [1.54, 1.807) is 0 Å². The third-order valence-electron chi connectivity index (χ3n) is 4.77. The van der Waals surface area contributed by atoms with Crippen LogP contribution >= 0.6 is 0 Å². The molecule has 3 fully saturated rings. The Bertz CT molecular complexity index is 697. The van der Waals surface area contributed by atoms with Gasteiger partial charge >= 0.3 is 0 Å². The van der Waals surface area contributed by atoms with Gasteiger partial charge in [-0.05, 0) is 6.42 Å². The maximum atomic E-state index is 11.7. The molecule has 10 nitrogen and oxygen atoms in total. The highest BCUT2D eigenvalue weighted by molar-refractivity contribution is 7.91. The van der Waals surface area contributed by atoms with Gasteiger partial charge < -0.3 is 24.6 Å². The largest absolute Gasteiger partial charge is 0.378 e. The van der Waals surface area contributed by atoms with Crippen LogP contribution in [0.25, 0.3) is 0 Å². The number of nitrogens with zero attached hydrogens (tertiary/aromatic N) is 5. The number of aromatic nitrogens is 3. The number of sulfone groups is 1. The standard InChI is InChI=1S/C15H24N6O4S/c22-26(23)10-1-12(11-26)16-13-17-14(20-2-6-24-7-3-20)19-15(18-13)21-4-8-25-9-5-21/h12H,1-11H2,(H,16,17,18,19). The number of rotatable bonds is 4. The summed E-state index contributed by atoms with van der Waals surface area (Å²) < 4.78 is 34.3. The van der Waals surface area contributed by atoms with Crippen LogP contribution in [0, 0.1) is 0 Å². The number of morpholine rings is 2. The molecule has 0 saturated carbocycles. The molecule has 0 aliphatic carbocycles. The zero-order valence-electron chi connectivity index (χ0n) is 14.6. The summed E-state index contributed by atoms with van der Waals surface area (Å²) in [5.74, 6) is 1.98. The Morgan fingerprint density at radius 2 is 1.42 bits per heavy atom. The summed E-state index contributed by atoms with van der Waals surface area (Å²) in [7, 11) is -2.96. The monoisotopic (exact) mass is 384 g/mol. The van der Waals surface area contributed by atoms with Gasteiger partial charge in [0.2, 0.25) is 17.8 Å². The molecule has 4 heterocycles. The second kappa shape index (κ2) is 7.49. The lowest BCUT2D eigenvalue weighted by Gasteiger charge is -2.30. The predicted molar refractivity (Wildman–Crippen MR) is 96.6 cm³/mol. The number of hydrogen-bond acceptors (Lipinski definition) is 10. The van der Waals surface area contributed by atoms with E-state index in [1.807, 2.05) is 0 Å². The Balaban J connectivity index is 1.58. The van der Waals surface area contributed by atoms with Crippen LogP contribution in [0.1, 0.15) is 6.42 Å². The smallest absolute Gasteiger partial charge is 0.232 e.